The average molecular weight is 403 g/mol. The van der Waals surface area contributed by atoms with Crippen molar-refractivity contribution in [1.82, 2.24) is 4.90 Å². The molecule has 0 aliphatic carbocycles. The molecule has 0 atom stereocenters. The van der Waals surface area contributed by atoms with Crippen LogP contribution in [0.4, 0.5) is 0 Å². The molecule has 3 rings (SSSR count). The van der Waals surface area contributed by atoms with E-state index in [1.807, 2.05) is 0 Å². The van der Waals surface area contributed by atoms with E-state index in [-0.39, 0.29) is 0 Å². The van der Waals surface area contributed by atoms with Gasteiger partial charge in [0.05, 0.1) is 6.54 Å². The second kappa shape index (κ2) is 9.84. The van der Waals surface area contributed by atoms with E-state index < -0.39 is 0 Å². The third-order valence-corrected chi connectivity index (χ3v) is 4.77. The first-order valence-corrected chi connectivity index (χ1v) is 10.7. The van der Waals surface area contributed by atoms with Gasteiger partial charge in [0.15, 0.2) is 0 Å². The van der Waals surface area contributed by atoms with Gasteiger partial charge in [-0.3, -0.25) is 0 Å². The summed E-state index contributed by atoms with van der Waals surface area (Å²) < 4.78 is 0. The Balaban J connectivity index is 0.000000575. The molecule has 0 unspecified atom stereocenters. The highest BCUT2D eigenvalue weighted by Gasteiger charge is 2.22. The van der Waals surface area contributed by atoms with Crippen LogP contribution in [0.3, 0.4) is 0 Å². The molecule has 0 spiro atoms. The van der Waals surface area contributed by atoms with Crippen molar-refractivity contribution in [3.63, 3.8) is 0 Å². The van der Waals surface area contributed by atoms with Gasteiger partial charge < -0.3 is 10.6 Å². The molecule has 2 N–H and O–H groups in total. The summed E-state index contributed by atoms with van der Waals surface area (Å²) in [6.45, 7) is 23.7. The molecule has 2 aromatic rings. The van der Waals surface area contributed by atoms with E-state index in [0.717, 1.165) is 30.7 Å². The van der Waals surface area contributed by atoms with E-state index >= 15 is 0 Å². The lowest BCUT2D eigenvalue weighted by Gasteiger charge is -2.34. The van der Waals surface area contributed by atoms with Gasteiger partial charge in [-0.05, 0) is 41.9 Å². The summed E-state index contributed by atoms with van der Waals surface area (Å²) in [5, 5.41) is 0. The zero-order chi connectivity index (χ0) is 22.5. The van der Waals surface area contributed by atoms with E-state index in [2.05, 4.69) is 102 Å². The molecule has 0 saturated heterocycles. The molecule has 0 bridgehead atoms. The molecular formula is C28H38N2. The molecule has 160 valence electrons. The Hall–Kier alpha value is -2.74. The molecule has 2 heteroatoms. The van der Waals surface area contributed by atoms with E-state index in [4.69, 9.17) is 5.73 Å². The zero-order valence-electron chi connectivity index (χ0n) is 19.5. The van der Waals surface area contributed by atoms with Crippen LogP contribution in [0.5, 0.6) is 0 Å². The molecule has 0 amide bonds. The van der Waals surface area contributed by atoms with Gasteiger partial charge in [-0.1, -0.05) is 95.5 Å². The summed E-state index contributed by atoms with van der Waals surface area (Å²) in [5.74, 6) is 0. The second-order valence-corrected chi connectivity index (χ2v) is 9.91. The molecule has 0 saturated carbocycles. The summed E-state index contributed by atoms with van der Waals surface area (Å²) in [6, 6.07) is 15.5. The SMILES string of the molecule is C=C(N)CN1C(=C)Cc2cc(CCc3ccc(C)cc3)ccc2C1=C.CC(C)(C)C. The van der Waals surface area contributed by atoms with Crippen molar-refractivity contribution in [3.05, 3.63) is 101 Å². The van der Waals surface area contributed by atoms with Gasteiger partial charge in [0.1, 0.15) is 0 Å². The van der Waals surface area contributed by atoms with Crippen LogP contribution in [0.1, 0.15) is 55.5 Å². The first-order chi connectivity index (χ1) is 13.9. The number of hydrogen-bond donors (Lipinski definition) is 1. The fraction of sp³-hybridized carbons (Fsp3) is 0.357. The van der Waals surface area contributed by atoms with Crippen LogP contribution in [-0.4, -0.2) is 11.4 Å². The van der Waals surface area contributed by atoms with Gasteiger partial charge in [-0.15, -0.1) is 0 Å². The van der Waals surface area contributed by atoms with Gasteiger partial charge in [-0.2, -0.15) is 0 Å². The number of rotatable bonds is 5. The molecular weight excluding hydrogens is 364 g/mol. The van der Waals surface area contributed by atoms with E-state index in [9.17, 15) is 0 Å². The first kappa shape index (κ1) is 23.5. The van der Waals surface area contributed by atoms with Crippen molar-refractivity contribution in [1.29, 1.82) is 0 Å². The summed E-state index contributed by atoms with van der Waals surface area (Å²) >= 11 is 0. The molecule has 0 fully saturated rings. The lowest BCUT2D eigenvalue weighted by Crippen LogP contribution is -2.30. The highest BCUT2D eigenvalue weighted by Crippen LogP contribution is 2.33. The molecule has 1 aliphatic heterocycles. The Morgan fingerprint density at radius 2 is 1.50 bits per heavy atom. The molecule has 0 aromatic heterocycles. The Kier molecular flexibility index (Phi) is 7.72. The smallest absolute Gasteiger partial charge is 0.0617 e. The molecule has 30 heavy (non-hydrogen) atoms. The highest BCUT2D eigenvalue weighted by atomic mass is 15.2. The maximum atomic E-state index is 5.78. The Bertz CT molecular complexity index is 905. The van der Waals surface area contributed by atoms with Gasteiger partial charge in [0.2, 0.25) is 0 Å². The minimum Gasteiger partial charge on any atom is -0.401 e. The molecule has 1 heterocycles. The fourth-order valence-electron chi connectivity index (χ4n) is 3.34. The minimum absolute atomic E-state index is 0.500. The van der Waals surface area contributed by atoms with E-state index in [1.165, 1.54) is 27.8 Å². The zero-order valence-corrected chi connectivity index (χ0v) is 19.5. The van der Waals surface area contributed by atoms with Crippen molar-refractivity contribution in [2.45, 2.75) is 53.9 Å². The van der Waals surface area contributed by atoms with Crippen LogP contribution in [0.25, 0.3) is 5.70 Å². The second-order valence-electron chi connectivity index (χ2n) is 9.91. The number of fused-ring (bicyclic) bond motifs is 1. The Morgan fingerprint density at radius 1 is 0.967 bits per heavy atom. The van der Waals surface area contributed by atoms with Crippen LogP contribution in [0.2, 0.25) is 0 Å². The molecule has 0 radical (unpaired) electrons. The van der Waals surface area contributed by atoms with Crippen LogP contribution in [-0.2, 0) is 19.3 Å². The highest BCUT2D eigenvalue weighted by molar-refractivity contribution is 5.70. The number of hydrogen-bond acceptors (Lipinski definition) is 2. The Morgan fingerprint density at radius 3 is 2.07 bits per heavy atom. The lowest BCUT2D eigenvalue weighted by atomic mass is 9.91. The largest absolute Gasteiger partial charge is 0.401 e. The maximum Gasteiger partial charge on any atom is 0.0617 e. The van der Waals surface area contributed by atoms with Crippen molar-refractivity contribution in [2.75, 3.05) is 6.54 Å². The summed E-state index contributed by atoms with van der Waals surface area (Å²) in [4.78, 5) is 2.07. The molecule has 2 aromatic carbocycles. The standard InChI is InChI=1S/C23H26N2.C5H12/c1-16-5-7-20(8-6-16)9-10-21-11-12-23-19(4)25(15-17(2)24)18(3)13-22(23)14-21;1-5(2,3)4/h5-8,11-12,14H,2-4,9-10,13,15,24H2,1H3;1-4H3. The normalized spacial score (nSPS) is 13.4. The predicted octanol–water partition coefficient (Wildman–Crippen LogP) is 6.65. The van der Waals surface area contributed by atoms with Crippen molar-refractivity contribution >= 4 is 5.70 Å². The topological polar surface area (TPSA) is 29.3 Å². The number of nitrogens with zero attached hydrogens (tertiary/aromatic N) is 1. The number of benzene rings is 2. The van der Waals surface area contributed by atoms with Gasteiger partial charge in [-0.25, -0.2) is 0 Å². The third-order valence-electron chi connectivity index (χ3n) is 4.77. The summed E-state index contributed by atoms with van der Waals surface area (Å²) in [5.41, 5.74) is 15.4. The van der Waals surface area contributed by atoms with Crippen LogP contribution >= 0.6 is 0 Å². The first-order valence-electron chi connectivity index (χ1n) is 10.7. The van der Waals surface area contributed by atoms with Crippen LogP contribution in [0, 0.1) is 12.3 Å². The van der Waals surface area contributed by atoms with Crippen LogP contribution in [0.15, 0.2) is 73.6 Å². The van der Waals surface area contributed by atoms with Gasteiger partial charge in [0.25, 0.3) is 0 Å². The number of nitrogens with two attached hydrogens (primary N) is 1. The third kappa shape index (κ3) is 7.26. The Labute approximate surface area is 183 Å². The maximum absolute atomic E-state index is 5.78. The van der Waals surface area contributed by atoms with Crippen molar-refractivity contribution < 1.29 is 0 Å². The average Bonchev–Trinajstić information content (AvgIpc) is 2.63. The summed E-state index contributed by atoms with van der Waals surface area (Å²) in [6.07, 6.45) is 2.93. The molecule has 1 aliphatic rings. The monoisotopic (exact) mass is 402 g/mol. The molecule has 2 nitrogen and oxygen atoms in total. The van der Waals surface area contributed by atoms with Crippen molar-refractivity contribution in [3.8, 4) is 0 Å². The predicted molar refractivity (Wildman–Crippen MR) is 132 cm³/mol. The number of aryl methyl sites for hydroxylation is 3. The minimum atomic E-state index is 0.500. The number of allylic oxidation sites excluding steroid dienone is 1. The quantitative estimate of drug-likeness (QED) is 0.607. The van der Waals surface area contributed by atoms with Crippen molar-refractivity contribution in [2.24, 2.45) is 11.1 Å². The van der Waals surface area contributed by atoms with Gasteiger partial charge in [0, 0.05) is 29.1 Å². The fourth-order valence-corrected chi connectivity index (χ4v) is 3.34. The van der Waals surface area contributed by atoms with Crippen LogP contribution < -0.4 is 5.73 Å². The van der Waals surface area contributed by atoms with E-state index in [0.29, 0.717) is 17.7 Å². The van der Waals surface area contributed by atoms with Gasteiger partial charge >= 0.3 is 0 Å². The summed E-state index contributed by atoms with van der Waals surface area (Å²) in [7, 11) is 0. The van der Waals surface area contributed by atoms with E-state index in [1.54, 1.807) is 0 Å². The lowest BCUT2D eigenvalue weighted by molar-refractivity contribution is 0.469.